The molecule has 5 rings (SSSR count). The highest BCUT2D eigenvalue weighted by atomic mass is 19.3. The number of carbonyl (C=O) groups excluding carboxylic acids is 1. The standard InChI is InChI=1S/C24H30F2N8O/c1-14-11-34-13-20(30-15(2)22(34)29-14)32-24(35)18-9-28-23(21(31-18)17-4-3-5-17)33-7-6-16(12-33)8-27-10-19(25)26/h9,11,13,16-17,19,27H,3-8,10,12H2,1-2H3,(H,32,35)/t16-/m0/s1. The Balaban J connectivity index is 1.32. The van der Waals surface area contributed by atoms with Crippen LogP contribution < -0.4 is 15.5 Å². The first-order valence-electron chi connectivity index (χ1n) is 12.1. The van der Waals surface area contributed by atoms with Gasteiger partial charge in [0.05, 0.1) is 36.0 Å². The van der Waals surface area contributed by atoms with Gasteiger partial charge in [-0.25, -0.2) is 28.7 Å². The molecule has 2 fully saturated rings. The van der Waals surface area contributed by atoms with Crippen molar-refractivity contribution in [1.29, 1.82) is 0 Å². The lowest BCUT2D eigenvalue weighted by molar-refractivity contribution is 0.102. The third-order valence-corrected chi connectivity index (χ3v) is 6.79. The zero-order valence-corrected chi connectivity index (χ0v) is 20.0. The van der Waals surface area contributed by atoms with E-state index in [2.05, 4.69) is 30.5 Å². The Morgan fingerprint density at radius 1 is 1.17 bits per heavy atom. The van der Waals surface area contributed by atoms with Crippen LogP contribution in [0.2, 0.25) is 0 Å². The van der Waals surface area contributed by atoms with Crippen molar-refractivity contribution in [1.82, 2.24) is 29.7 Å². The summed E-state index contributed by atoms with van der Waals surface area (Å²) in [6, 6.07) is 0. The minimum absolute atomic E-state index is 0.256. The molecule has 11 heteroatoms. The van der Waals surface area contributed by atoms with E-state index in [4.69, 9.17) is 4.98 Å². The van der Waals surface area contributed by atoms with Gasteiger partial charge in [-0.2, -0.15) is 0 Å². The SMILES string of the molecule is Cc1cn2cc(NC(=O)c3cnc(N4CC[C@@H](CNCC(F)F)C4)c(C4CCC4)n3)nc(C)c2n1. The van der Waals surface area contributed by atoms with Crippen LogP contribution in [-0.4, -0.2) is 62.8 Å². The highest BCUT2D eigenvalue weighted by Crippen LogP contribution is 2.40. The van der Waals surface area contributed by atoms with Gasteiger partial charge in [-0.05, 0) is 45.6 Å². The van der Waals surface area contributed by atoms with Crippen molar-refractivity contribution in [2.45, 2.75) is 51.9 Å². The number of hydrogen-bond acceptors (Lipinski definition) is 7. The van der Waals surface area contributed by atoms with Gasteiger partial charge < -0.3 is 19.9 Å². The third-order valence-electron chi connectivity index (χ3n) is 6.79. The smallest absolute Gasteiger partial charge is 0.277 e. The number of anilines is 2. The number of alkyl halides is 2. The van der Waals surface area contributed by atoms with Crippen LogP contribution >= 0.6 is 0 Å². The van der Waals surface area contributed by atoms with E-state index in [0.717, 1.165) is 67.3 Å². The molecule has 0 aromatic carbocycles. The van der Waals surface area contributed by atoms with Crippen LogP contribution in [0, 0.1) is 19.8 Å². The van der Waals surface area contributed by atoms with Crippen molar-refractivity contribution in [3.05, 3.63) is 41.4 Å². The van der Waals surface area contributed by atoms with Gasteiger partial charge in [-0.3, -0.25) is 4.79 Å². The Kier molecular flexibility index (Phi) is 6.59. The average Bonchev–Trinajstić information content (AvgIpc) is 3.38. The van der Waals surface area contributed by atoms with Crippen molar-refractivity contribution >= 4 is 23.2 Å². The van der Waals surface area contributed by atoms with Gasteiger partial charge in [0, 0.05) is 25.2 Å². The first kappa shape index (κ1) is 23.5. The molecule has 2 N–H and O–H groups in total. The van der Waals surface area contributed by atoms with Crippen molar-refractivity contribution in [2.75, 3.05) is 36.4 Å². The van der Waals surface area contributed by atoms with Gasteiger partial charge in [0.25, 0.3) is 12.3 Å². The van der Waals surface area contributed by atoms with Crippen molar-refractivity contribution in [2.24, 2.45) is 5.92 Å². The molecule has 1 aliphatic heterocycles. The fraction of sp³-hybridized carbons (Fsp3) is 0.542. The Bertz CT molecular complexity index is 1230. The maximum atomic E-state index is 13.0. The molecule has 0 radical (unpaired) electrons. The molecule has 3 aromatic rings. The number of aromatic nitrogens is 5. The van der Waals surface area contributed by atoms with E-state index in [1.165, 1.54) is 6.20 Å². The van der Waals surface area contributed by atoms with E-state index in [9.17, 15) is 13.6 Å². The van der Waals surface area contributed by atoms with Gasteiger partial charge in [0.15, 0.2) is 11.5 Å². The molecular weight excluding hydrogens is 454 g/mol. The number of rotatable bonds is 8. The second-order valence-corrected chi connectivity index (χ2v) is 9.52. The molecule has 0 spiro atoms. The fourth-order valence-electron chi connectivity index (χ4n) is 4.81. The van der Waals surface area contributed by atoms with Gasteiger partial charge in [0.2, 0.25) is 0 Å². The number of halogens is 2. The van der Waals surface area contributed by atoms with Gasteiger partial charge in [0.1, 0.15) is 11.5 Å². The van der Waals surface area contributed by atoms with Gasteiger partial charge >= 0.3 is 0 Å². The Morgan fingerprint density at radius 2 is 2.00 bits per heavy atom. The summed E-state index contributed by atoms with van der Waals surface area (Å²) in [7, 11) is 0. The predicted octanol–water partition coefficient (Wildman–Crippen LogP) is 3.34. The number of nitrogens with zero attached hydrogens (tertiary/aromatic N) is 6. The number of aryl methyl sites for hydroxylation is 2. The van der Waals surface area contributed by atoms with Gasteiger partial charge in [-0.15, -0.1) is 0 Å². The zero-order valence-electron chi connectivity index (χ0n) is 20.0. The Hall–Kier alpha value is -3.21. The number of hydrogen-bond donors (Lipinski definition) is 2. The Labute approximate surface area is 202 Å². The maximum Gasteiger partial charge on any atom is 0.277 e. The largest absolute Gasteiger partial charge is 0.355 e. The number of fused-ring (bicyclic) bond motifs is 1. The summed E-state index contributed by atoms with van der Waals surface area (Å²) in [5.41, 5.74) is 3.46. The number of carbonyl (C=O) groups is 1. The van der Waals surface area contributed by atoms with Crippen LogP contribution in [-0.2, 0) is 0 Å². The second kappa shape index (κ2) is 9.80. The van der Waals surface area contributed by atoms with Crippen LogP contribution in [0.5, 0.6) is 0 Å². The average molecular weight is 485 g/mol. The molecule has 1 aliphatic carbocycles. The van der Waals surface area contributed by atoms with Crippen molar-refractivity contribution in [3.8, 4) is 0 Å². The molecule has 0 bridgehead atoms. The molecule has 0 unspecified atom stereocenters. The molecule has 1 saturated heterocycles. The van der Waals surface area contributed by atoms with Crippen LogP contribution in [0.1, 0.15) is 59.2 Å². The molecule has 2 aliphatic rings. The molecule has 186 valence electrons. The van der Waals surface area contributed by atoms with E-state index < -0.39 is 6.43 Å². The predicted molar refractivity (Wildman–Crippen MR) is 128 cm³/mol. The normalized spacial score (nSPS) is 18.4. The summed E-state index contributed by atoms with van der Waals surface area (Å²) < 4.78 is 26.7. The third kappa shape index (κ3) is 5.09. The van der Waals surface area contributed by atoms with E-state index >= 15 is 0 Å². The fourth-order valence-corrected chi connectivity index (χ4v) is 4.81. The first-order valence-corrected chi connectivity index (χ1v) is 12.1. The second-order valence-electron chi connectivity index (χ2n) is 9.52. The number of imidazole rings is 1. The Morgan fingerprint density at radius 3 is 2.74 bits per heavy atom. The molecule has 35 heavy (non-hydrogen) atoms. The summed E-state index contributed by atoms with van der Waals surface area (Å²) in [5.74, 6) is 1.44. The minimum Gasteiger partial charge on any atom is -0.355 e. The first-order chi connectivity index (χ1) is 16.9. The number of nitrogens with one attached hydrogen (secondary N) is 2. The number of amides is 1. The molecule has 4 heterocycles. The van der Waals surface area contributed by atoms with Gasteiger partial charge in [-0.1, -0.05) is 6.42 Å². The maximum absolute atomic E-state index is 13.0. The summed E-state index contributed by atoms with van der Waals surface area (Å²) in [5, 5.41) is 5.69. The van der Waals surface area contributed by atoms with Crippen LogP contribution in [0.3, 0.4) is 0 Å². The molecular formula is C24H30F2N8O. The van der Waals surface area contributed by atoms with E-state index in [1.54, 1.807) is 6.20 Å². The molecule has 1 amide bonds. The molecule has 1 atom stereocenters. The zero-order chi connectivity index (χ0) is 24.5. The topological polar surface area (TPSA) is 100 Å². The van der Waals surface area contributed by atoms with E-state index in [-0.39, 0.29) is 30.0 Å². The highest BCUT2D eigenvalue weighted by Gasteiger charge is 2.31. The van der Waals surface area contributed by atoms with Crippen LogP contribution in [0.25, 0.3) is 5.65 Å². The van der Waals surface area contributed by atoms with E-state index in [0.29, 0.717) is 12.4 Å². The molecule has 9 nitrogen and oxygen atoms in total. The molecule has 3 aromatic heterocycles. The lowest BCUT2D eigenvalue weighted by atomic mass is 9.82. The minimum atomic E-state index is -2.34. The highest BCUT2D eigenvalue weighted by molar-refractivity contribution is 6.02. The lowest BCUT2D eigenvalue weighted by Crippen LogP contribution is -2.30. The summed E-state index contributed by atoms with van der Waals surface area (Å²) in [4.78, 5) is 33.5. The summed E-state index contributed by atoms with van der Waals surface area (Å²) >= 11 is 0. The van der Waals surface area contributed by atoms with Crippen molar-refractivity contribution in [3.63, 3.8) is 0 Å². The van der Waals surface area contributed by atoms with E-state index in [1.807, 2.05) is 24.4 Å². The lowest BCUT2D eigenvalue weighted by Gasteiger charge is -2.29. The quantitative estimate of drug-likeness (QED) is 0.506. The van der Waals surface area contributed by atoms with Crippen molar-refractivity contribution < 1.29 is 13.6 Å². The molecule has 1 saturated carbocycles. The summed E-state index contributed by atoms with van der Waals surface area (Å²) in [6.07, 6.45) is 6.89. The van der Waals surface area contributed by atoms with Crippen LogP contribution in [0.4, 0.5) is 20.4 Å². The monoisotopic (exact) mass is 484 g/mol. The summed E-state index contributed by atoms with van der Waals surface area (Å²) in [6.45, 7) is 5.58. The van der Waals surface area contributed by atoms with Crippen LogP contribution in [0.15, 0.2) is 18.6 Å².